The van der Waals surface area contributed by atoms with Gasteiger partial charge >= 0.3 is 0 Å². The van der Waals surface area contributed by atoms with Gasteiger partial charge < -0.3 is 4.90 Å². The molecule has 0 N–H and O–H groups in total. The third kappa shape index (κ3) is 6.13. The first-order valence-corrected chi connectivity index (χ1v) is 24.9. The van der Waals surface area contributed by atoms with Crippen molar-refractivity contribution < 1.29 is 0 Å². The van der Waals surface area contributed by atoms with Gasteiger partial charge in [0.25, 0.3) is 0 Å². The minimum absolute atomic E-state index is 0.220. The quantitative estimate of drug-likeness (QED) is 0.154. The molecule has 334 valence electrons. The predicted molar refractivity (Wildman–Crippen MR) is 297 cm³/mol. The molecule has 0 fully saturated rings. The SMILES string of the molecule is CC1(C)c2cc(-c3ccccc3)ccc2-c2ccc(N(c3ccc(-c4cccc5c4-c4ccccc4C54c5ccccc5-c5ccccc54)cc3)c3ccc(-c4ccccc4)cc3-c3ccccc3)cc21. The second-order valence-corrected chi connectivity index (χ2v) is 19.9. The van der Waals surface area contributed by atoms with Crippen LogP contribution in [0, 0.1) is 0 Å². The molecule has 0 aliphatic heterocycles. The Bertz CT molecular complexity index is 3840. The van der Waals surface area contributed by atoms with Crippen LogP contribution in [0.1, 0.15) is 47.2 Å². The number of rotatable bonds is 7. The molecule has 3 aliphatic rings. The number of anilines is 3. The summed E-state index contributed by atoms with van der Waals surface area (Å²) in [4.78, 5) is 2.49. The van der Waals surface area contributed by atoms with Gasteiger partial charge in [-0.2, -0.15) is 0 Å². The summed E-state index contributed by atoms with van der Waals surface area (Å²) in [5.74, 6) is 0. The molecular weight excluding hydrogens is 855 g/mol. The van der Waals surface area contributed by atoms with Crippen molar-refractivity contribution in [2.45, 2.75) is 24.7 Å². The van der Waals surface area contributed by atoms with Crippen molar-refractivity contribution in [3.05, 3.63) is 294 Å². The van der Waals surface area contributed by atoms with E-state index in [-0.39, 0.29) is 5.41 Å². The van der Waals surface area contributed by atoms with Gasteiger partial charge in [0.05, 0.1) is 11.1 Å². The summed E-state index contributed by atoms with van der Waals surface area (Å²) >= 11 is 0. The highest BCUT2D eigenvalue weighted by atomic mass is 15.1. The van der Waals surface area contributed by atoms with E-state index >= 15 is 0 Å². The summed E-state index contributed by atoms with van der Waals surface area (Å²) in [5, 5.41) is 0. The molecule has 0 atom stereocenters. The Hall–Kier alpha value is -8.78. The van der Waals surface area contributed by atoms with Crippen molar-refractivity contribution in [2.75, 3.05) is 4.90 Å². The molecule has 0 unspecified atom stereocenters. The van der Waals surface area contributed by atoms with E-state index in [1.807, 2.05) is 0 Å². The van der Waals surface area contributed by atoms with Crippen molar-refractivity contribution in [1.82, 2.24) is 0 Å². The zero-order valence-electron chi connectivity index (χ0n) is 39.8. The van der Waals surface area contributed by atoms with Crippen LogP contribution in [0.25, 0.3) is 77.9 Å². The standard InChI is InChI=1S/C70H49N/c1-69(2)65-44-51(47-21-8-4-9-22-47)35-40-57(65)58-41-39-53(45-66(58)69)71(67-42-36-50(46-19-6-3-7-20-46)43-60(67)48-23-10-5-11-24-48)52-37-33-49(34-38-52)54-28-18-32-64-68(54)59-27-14-17-31-63(59)70(64)61-29-15-12-25-55(61)56-26-13-16-30-62(56)70/h3-45H,1-2H3. The Balaban J connectivity index is 0.942. The lowest BCUT2D eigenvalue weighted by Gasteiger charge is -2.31. The van der Waals surface area contributed by atoms with E-state index in [9.17, 15) is 0 Å². The van der Waals surface area contributed by atoms with Crippen molar-refractivity contribution in [2.24, 2.45) is 0 Å². The molecule has 0 saturated carbocycles. The molecular formula is C70H49N. The number of benzene rings is 11. The zero-order valence-corrected chi connectivity index (χ0v) is 39.8. The summed E-state index contributed by atoms with van der Waals surface area (Å²) in [6.07, 6.45) is 0. The van der Waals surface area contributed by atoms with Crippen molar-refractivity contribution >= 4 is 17.1 Å². The van der Waals surface area contributed by atoms with Gasteiger partial charge in [0.15, 0.2) is 0 Å². The third-order valence-electron chi connectivity index (χ3n) is 15.9. The van der Waals surface area contributed by atoms with Crippen LogP contribution < -0.4 is 4.90 Å². The molecule has 3 aliphatic carbocycles. The van der Waals surface area contributed by atoms with Gasteiger partial charge in [-0.1, -0.05) is 232 Å². The first-order chi connectivity index (χ1) is 35.0. The van der Waals surface area contributed by atoms with Crippen LogP contribution in [0.4, 0.5) is 17.1 Å². The molecule has 14 rings (SSSR count). The molecule has 0 amide bonds. The topological polar surface area (TPSA) is 3.24 Å². The molecule has 1 spiro atoms. The maximum atomic E-state index is 2.49. The highest BCUT2D eigenvalue weighted by Gasteiger charge is 2.52. The molecule has 1 heteroatoms. The monoisotopic (exact) mass is 903 g/mol. The van der Waals surface area contributed by atoms with Gasteiger partial charge in [0, 0.05) is 22.4 Å². The summed E-state index contributed by atoms with van der Waals surface area (Å²) in [6.45, 7) is 4.78. The van der Waals surface area contributed by atoms with Crippen LogP contribution in [0.3, 0.4) is 0 Å². The first-order valence-electron chi connectivity index (χ1n) is 24.9. The van der Waals surface area contributed by atoms with Crippen molar-refractivity contribution in [1.29, 1.82) is 0 Å². The minimum Gasteiger partial charge on any atom is -0.310 e. The Labute approximate surface area is 416 Å². The highest BCUT2D eigenvalue weighted by Crippen LogP contribution is 2.64. The fraction of sp³-hybridized carbons (Fsp3) is 0.0571. The van der Waals surface area contributed by atoms with Gasteiger partial charge in [-0.3, -0.25) is 0 Å². The lowest BCUT2D eigenvalue weighted by atomic mass is 9.70. The van der Waals surface area contributed by atoms with Crippen LogP contribution >= 0.6 is 0 Å². The predicted octanol–water partition coefficient (Wildman–Crippen LogP) is 18.5. The van der Waals surface area contributed by atoms with Gasteiger partial charge in [-0.25, -0.2) is 0 Å². The lowest BCUT2D eigenvalue weighted by molar-refractivity contribution is 0.660. The normalized spacial score (nSPS) is 13.7. The maximum Gasteiger partial charge on any atom is 0.0725 e. The fourth-order valence-electron chi connectivity index (χ4n) is 12.7. The van der Waals surface area contributed by atoms with E-state index < -0.39 is 5.41 Å². The Morgan fingerprint density at radius 1 is 0.254 bits per heavy atom. The average Bonchev–Trinajstić information content (AvgIpc) is 4.01. The minimum atomic E-state index is -0.393. The van der Waals surface area contributed by atoms with E-state index in [0.29, 0.717) is 0 Å². The van der Waals surface area contributed by atoms with Crippen molar-refractivity contribution in [3.8, 4) is 77.9 Å². The van der Waals surface area contributed by atoms with Gasteiger partial charge in [0.1, 0.15) is 0 Å². The van der Waals surface area contributed by atoms with Gasteiger partial charge in [0.2, 0.25) is 0 Å². The largest absolute Gasteiger partial charge is 0.310 e. The lowest BCUT2D eigenvalue weighted by Crippen LogP contribution is -2.25. The second kappa shape index (κ2) is 15.9. The van der Waals surface area contributed by atoms with Crippen LogP contribution in [-0.2, 0) is 10.8 Å². The van der Waals surface area contributed by atoms with Crippen LogP contribution in [-0.4, -0.2) is 0 Å². The molecule has 11 aromatic carbocycles. The van der Waals surface area contributed by atoms with Crippen molar-refractivity contribution in [3.63, 3.8) is 0 Å². The Kier molecular flexibility index (Phi) is 9.22. The molecule has 0 saturated heterocycles. The average molecular weight is 904 g/mol. The highest BCUT2D eigenvalue weighted by molar-refractivity contribution is 6.00. The van der Waals surface area contributed by atoms with E-state index in [2.05, 4.69) is 280 Å². The number of nitrogens with zero attached hydrogens (tertiary/aromatic N) is 1. The smallest absolute Gasteiger partial charge is 0.0725 e. The molecule has 0 radical (unpaired) electrons. The molecule has 0 heterocycles. The molecule has 1 nitrogen and oxygen atoms in total. The van der Waals surface area contributed by atoms with Gasteiger partial charge in [-0.15, -0.1) is 0 Å². The fourth-order valence-corrected chi connectivity index (χ4v) is 12.7. The molecule has 0 aromatic heterocycles. The summed E-state index contributed by atoms with van der Waals surface area (Å²) < 4.78 is 0. The van der Waals surface area contributed by atoms with E-state index in [1.54, 1.807) is 0 Å². The number of fused-ring (bicyclic) bond motifs is 13. The number of hydrogen-bond donors (Lipinski definition) is 0. The van der Waals surface area contributed by atoms with Crippen LogP contribution in [0.5, 0.6) is 0 Å². The molecule has 11 aromatic rings. The first kappa shape index (κ1) is 41.2. The summed E-state index contributed by atoms with van der Waals surface area (Å²) in [6, 6.07) is 97.2. The third-order valence-corrected chi connectivity index (χ3v) is 15.9. The molecule has 0 bridgehead atoms. The molecule has 71 heavy (non-hydrogen) atoms. The number of hydrogen-bond acceptors (Lipinski definition) is 1. The second-order valence-electron chi connectivity index (χ2n) is 19.9. The zero-order chi connectivity index (χ0) is 47.3. The van der Waals surface area contributed by atoms with E-state index in [4.69, 9.17) is 0 Å². The van der Waals surface area contributed by atoms with Crippen LogP contribution in [0.2, 0.25) is 0 Å². The Morgan fingerprint density at radius 3 is 1.31 bits per heavy atom. The summed E-state index contributed by atoms with van der Waals surface area (Å²) in [5.41, 5.74) is 28.4. The van der Waals surface area contributed by atoms with Crippen LogP contribution in [0.15, 0.2) is 261 Å². The maximum absolute atomic E-state index is 2.49. The van der Waals surface area contributed by atoms with E-state index in [0.717, 1.165) is 17.1 Å². The van der Waals surface area contributed by atoms with Gasteiger partial charge in [-0.05, 0) is 148 Å². The summed E-state index contributed by atoms with van der Waals surface area (Å²) in [7, 11) is 0. The Morgan fingerprint density at radius 2 is 0.676 bits per heavy atom. The van der Waals surface area contributed by atoms with E-state index in [1.165, 1.54) is 111 Å².